The molecule has 2 aromatic carbocycles. The molecule has 3 heteroatoms. The maximum Gasteiger partial charge on any atom is 0.209 e. The summed E-state index contributed by atoms with van der Waals surface area (Å²) in [6.07, 6.45) is 17.3. The number of fused-ring (bicyclic) bond motifs is 2. The van der Waals surface area contributed by atoms with Crippen LogP contribution in [0.2, 0.25) is 0 Å². The molecule has 0 saturated heterocycles. The summed E-state index contributed by atoms with van der Waals surface area (Å²) < 4.78 is 2.54. The third-order valence-corrected chi connectivity index (χ3v) is 9.90. The molecule has 0 unspecified atom stereocenters. The van der Waals surface area contributed by atoms with Crippen molar-refractivity contribution in [2.45, 2.75) is 97.3 Å². The fourth-order valence-corrected chi connectivity index (χ4v) is 7.28. The van der Waals surface area contributed by atoms with Crippen LogP contribution in [0, 0.1) is 0 Å². The van der Waals surface area contributed by atoms with Crippen LogP contribution < -0.4 is 4.90 Å². The second-order valence-electron chi connectivity index (χ2n) is 12.9. The average molecular weight is 568 g/mol. The highest BCUT2D eigenvalue weighted by Crippen LogP contribution is 2.48. The number of hydrogen-bond donors (Lipinski definition) is 0. The van der Waals surface area contributed by atoms with E-state index in [0.717, 1.165) is 37.4 Å². The molecule has 0 amide bonds. The first-order chi connectivity index (χ1) is 19.7. The van der Waals surface area contributed by atoms with Gasteiger partial charge in [0.15, 0.2) is 5.71 Å². The van der Waals surface area contributed by atoms with Gasteiger partial charge in [0, 0.05) is 52.5 Å². The number of para-hydroxylation sites is 2. The summed E-state index contributed by atoms with van der Waals surface area (Å²) in [6, 6.07) is 17.8. The second-order valence-corrected chi connectivity index (χ2v) is 13.3. The lowest BCUT2D eigenvalue weighted by atomic mass is 9.81. The number of allylic oxidation sites excluding steroid dienone is 8. The van der Waals surface area contributed by atoms with Crippen LogP contribution in [0.5, 0.6) is 0 Å². The van der Waals surface area contributed by atoms with Gasteiger partial charge in [0.25, 0.3) is 0 Å². The van der Waals surface area contributed by atoms with Gasteiger partial charge in [0.05, 0.1) is 5.41 Å². The highest BCUT2D eigenvalue weighted by molar-refractivity contribution is 6.32. The first-order valence-electron chi connectivity index (χ1n) is 15.8. The van der Waals surface area contributed by atoms with Crippen molar-refractivity contribution in [3.05, 3.63) is 106 Å². The molecule has 0 radical (unpaired) electrons. The Morgan fingerprint density at radius 3 is 2.29 bits per heavy atom. The van der Waals surface area contributed by atoms with Crippen LogP contribution in [0.4, 0.5) is 11.4 Å². The van der Waals surface area contributed by atoms with Crippen molar-refractivity contribution in [3.8, 4) is 0 Å². The maximum absolute atomic E-state index is 7.17. The zero-order valence-corrected chi connectivity index (χ0v) is 26.8. The lowest BCUT2D eigenvalue weighted by Gasteiger charge is -2.27. The first kappa shape index (κ1) is 29.6. The number of halogens is 1. The van der Waals surface area contributed by atoms with Gasteiger partial charge in [-0.25, -0.2) is 0 Å². The largest absolute Gasteiger partial charge is 0.344 e. The predicted octanol–water partition coefficient (Wildman–Crippen LogP) is 10.5. The molecule has 2 aromatic rings. The van der Waals surface area contributed by atoms with Gasteiger partial charge in [-0.2, -0.15) is 4.58 Å². The second kappa shape index (κ2) is 12.2. The summed E-state index contributed by atoms with van der Waals surface area (Å²) in [6.45, 7) is 16.1. The highest BCUT2D eigenvalue weighted by Gasteiger charge is 2.44. The monoisotopic (exact) mass is 567 g/mol. The first-order valence-corrected chi connectivity index (χ1v) is 16.2. The molecular formula is C38H48ClN2+. The molecule has 0 aromatic heterocycles. The van der Waals surface area contributed by atoms with Crippen LogP contribution in [-0.4, -0.2) is 23.4 Å². The van der Waals surface area contributed by atoms with Crippen molar-refractivity contribution in [2.24, 2.45) is 0 Å². The van der Waals surface area contributed by atoms with E-state index in [1.165, 1.54) is 70.7 Å². The van der Waals surface area contributed by atoms with Crippen LogP contribution in [0.25, 0.3) is 0 Å². The van der Waals surface area contributed by atoms with Crippen molar-refractivity contribution in [1.29, 1.82) is 0 Å². The van der Waals surface area contributed by atoms with Gasteiger partial charge in [0.2, 0.25) is 5.69 Å². The minimum atomic E-state index is -0.0311. The molecule has 5 rings (SSSR count). The molecule has 216 valence electrons. The van der Waals surface area contributed by atoms with Crippen molar-refractivity contribution in [3.63, 3.8) is 0 Å². The Morgan fingerprint density at radius 2 is 1.54 bits per heavy atom. The van der Waals surface area contributed by atoms with Gasteiger partial charge >= 0.3 is 0 Å². The van der Waals surface area contributed by atoms with E-state index in [2.05, 4.69) is 124 Å². The third kappa shape index (κ3) is 5.53. The Balaban J connectivity index is 1.48. The van der Waals surface area contributed by atoms with Crippen LogP contribution >= 0.6 is 11.6 Å². The third-order valence-electron chi connectivity index (χ3n) is 9.41. The van der Waals surface area contributed by atoms with Gasteiger partial charge < -0.3 is 4.90 Å². The van der Waals surface area contributed by atoms with E-state index in [1.54, 1.807) is 0 Å². The number of rotatable bonds is 9. The van der Waals surface area contributed by atoms with E-state index in [9.17, 15) is 0 Å². The molecule has 3 aliphatic rings. The summed E-state index contributed by atoms with van der Waals surface area (Å²) >= 11 is 7.17. The molecule has 41 heavy (non-hydrogen) atoms. The molecular weight excluding hydrogens is 520 g/mol. The Morgan fingerprint density at radius 1 is 0.829 bits per heavy atom. The number of nitrogens with zero attached hydrogens (tertiary/aromatic N) is 2. The van der Waals surface area contributed by atoms with Crippen molar-refractivity contribution < 1.29 is 4.58 Å². The van der Waals surface area contributed by atoms with E-state index in [4.69, 9.17) is 11.6 Å². The molecule has 0 spiro atoms. The smallest absolute Gasteiger partial charge is 0.209 e. The molecule has 1 aliphatic carbocycles. The molecule has 2 heterocycles. The Kier molecular flexibility index (Phi) is 8.81. The van der Waals surface area contributed by atoms with E-state index in [1.807, 2.05) is 0 Å². The molecule has 0 atom stereocenters. The number of benzene rings is 2. The predicted molar refractivity (Wildman–Crippen MR) is 178 cm³/mol. The highest BCUT2D eigenvalue weighted by atomic mass is 35.5. The number of anilines is 1. The zero-order valence-electron chi connectivity index (χ0n) is 26.1. The Bertz CT molecular complexity index is 1450. The van der Waals surface area contributed by atoms with Gasteiger partial charge in [-0.1, -0.05) is 101 Å². The zero-order chi connectivity index (χ0) is 29.2. The Labute approximate surface area is 253 Å². The molecule has 2 aliphatic heterocycles. The van der Waals surface area contributed by atoms with Gasteiger partial charge in [-0.15, -0.1) is 0 Å². The fourth-order valence-electron chi connectivity index (χ4n) is 6.96. The van der Waals surface area contributed by atoms with E-state index in [-0.39, 0.29) is 10.8 Å². The maximum atomic E-state index is 7.17. The summed E-state index contributed by atoms with van der Waals surface area (Å²) in [7, 11) is 0. The standard InChI is InChI=1S/C38H48ClN2/c1-7-9-26-40-32-20-13-11-18-30(32)37(3,4)34(40)24-22-28-16-15-17-29(36(28)39)23-25-35-38(5,6)31-19-12-14-21-33(31)41(35)27-10-8-2/h11-14,18-25H,7-10,15-17,26-27H2,1-6H3/q+1. The minimum absolute atomic E-state index is 0.0311. The normalized spacial score (nSPS) is 21.5. The lowest BCUT2D eigenvalue weighted by molar-refractivity contribution is -0.438. The van der Waals surface area contributed by atoms with Crippen molar-refractivity contribution in [1.82, 2.24) is 0 Å². The summed E-state index contributed by atoms with van der Waals surface area (Å²) in [5.74, 6) is 0. The van der Waals surface area contributed by atoms with Crippen molar-refractivity contribution in [2.75, 3.05) is 18.0 Å². The quantitative estimate of drug-likeness (QED) is 0.273. The van der Waals surface area contributed by atoms with E-state index < -0.39 is 0 Å². The fraction of sp³-hybridized carbons (Fsp3) is 0.447. The molecule has 0 bridgehead atoms. The summed E-state index contributed by atoms with van der Waals surface area (Å²) in [4.78, 5) is 2.54. The van der Waals surface area contributed by atoms with Gasteiger partial charge in [-0.3, -0.25) is 0 Å². The van der Waals surface area contributed by atoms with E-state index >= 15 is 0 Å². The Hall–Kier alpha value is -2.84. The van der Waals surface area contributed by atoms with E-state index in [0.29, 0.717) is 0 Å². The average Bonchev–Trinajstić information content (AvgIpc) is 3.32. The van der Waals surface area contributed by atoms with Gasteiger partial charge in [-0.05, 0) is 68.4 Å². The van der Waals surface area contributed by atoms with Crippen molar-refractivity contribution >= 4 is 28.7 Å². The lowest BCUT2D eigenvalue weighted by Crippen LogP contribution is -2.28. The van der Waals surface area contributed by atoms with Gasteiger partial charge in [0.1, 0.15) is 6.54 Å². The van der Waals surface area contributed by atoms with Crippen LogP contribution in [0.15, 0.2) is 94.7 Å². The summed E-state index contributed by atoms with van der Waals surface area (Å²) in [5.41, 5.74) is 10.7. The minimum Gasteiger partial charge on any atom is -0.344 e. The molecule has 2 nitrogen and oxygen atoms in total. The molecule has 0 fully saturated rings. The topological polar surface area (TPSA) is 6.25 Å². The summed E-state index contributed by atoms with van der Waals surface area (Å²) in [5, 5.41) is 0.937. The van der Waals surface area contributed by atoms with Crippen LogP contribution in [0.3, 0.4) is 0 Å². The molecule has 0 saturated carbocycles. The van der Waals surface area contributed by atoms with Crippen LogP contribution in [0.1, 0.15) is 97.6 Å². The number of unbranched alkanes of at least 4 members (excludes halogenated alkanes) is 2. The molecule has 0 N–H and O–H groups in total. The van der Waals surface area contributed by atoms with Crippen LogP contribution in [-0.2, 0) is 10.8 Å². The SMILES string of the molecule is CCCCN1/C(=C/C=C2\CCCC(/C=C/C3=[N+](CCCC)c4ccccc4C3(C)C)=C2Cl)C(C)(C)c2ccccc21. The number of hydrogen-bond acceptors (Lipinski definition) is 1.